The van der Waals surface area contributed by atoms with Crippen molar-refractivity contribution in [2.45, 2.75) is 19.8 Å². The third kappa shape index (κ3) is 2.58. The lowest BCUT2D eigenvalue weighted by atomic mass is 10.0. The summed E-state index contributed by atoms with van der Waals surface area (Å²) in [6.45, 7) is 1.85. The second-order valence-electron chi connectivity index (χ2n) is 3.05. The van der Waals surface area contributed by atoms with Gasteiger partial charge in [0.1, 0.15) is 0 Å². The summed E-state index contributed by atoms with van der Waals surface area (Å²) < 4.78 is 0. The Hall–Kier alpha value is -1.33. The van der Waals surface area contributed by atoms with Gasteiger partial charge in [-0.05, 0) is 30.7 Å². The molecule has 1 aromatic carbocycles. The normalized spacial score (nSPS) is 9.50. The highest BCUT2D eigenvalue weighted by atomic mass is 35.5. The van der Waals surface area contributed by atoms with Crippen LogP contribution in [0.25, 0.3) is 0 Å². The lowest BCUT2D eigenvalue weighted by Crippen LogP contribution is -1.98. The van der Waals surface area contributed by atoms with E-state index >= 15 is 0 Å². The third-order valence-electron chi connectivity index (χ3n) is 1.94. The lowest BCUT2D eigenvalue weighted by Gasteiger charge is -2.01. The average molecular weight is 208 g/mol. The zero-order chi connectivity index (χ0) is 10.6. The quantitative estimate of drug-likeness (QED) is 0.715. The molecule has 0 atom stereocenters. The molecule has 0 aliphatic carbocycles. The Morgan fingerprint density at radius 2 is 2.29 bits per heavy atom. The van der Waals surface area contributed by atoms with E-state index in [1.807, 2.05) is 13.0 Å². The summed E-state index contributed by atoms with van der Waals surface area (Å²) in [4.78, 5) is 11.5. The van der Waals surface area contributed by atoms with E-state index < -0.39 is 0 Å². The van der Waals surface area contributed by atoms with Crippen LogP contribution in [0.5, 0.6) is 0 Å². The van der Waals surface area contributed by atoms with Gasteiger partial charge in [0, 0.05) is 23.4 Å². The molecule has 0 aromatic heterocycles. The molecule has 0 spiro atoms. The van der Waals surface area contributed by atoms with Crippen molar-refractivity contribution in [2.75, 3.05) is 0 Å². The van der Waals surface area contributed by atoms with Crippen LogP contribution in [0.15, 0.2) is 18.2 Å². The summed E-state index contributed by atoms with van der Waals surface area (Å²) in [7, 11) is 0. The minimum Gasteiger partial charge on any atom is -0.294 e. The van der Waals surface area contributed by atoms with Crippen LogP contribution in [0.4, 0.5) is 0 Å². The largest absolute Gasteiger partial charge is 0.294 e. The molecule has 1 aromatic rings. The Balaban J connectivity index is 2.82. The van der Waals surface area contributed by atoms with Gasteiger partial charge in [0.25, 0.3) is 0 Å². The van der Waals surface area contributed by atoms with E-state index in [4.69, 9.17) is 16.9 Å². The molecule has 0 heterocycles. The maximum atomic E-state index is 11.5. The molecule has 0 aliphatic rings. The number of carbonyl (C=O) groups is 1. The molecule has 0 bridgehead atoms. The second-order valence-corrected chi connectivity index (χ2v) is 3.45. The molecule has 0 radical (unpaired) electrons. The van der Waals surface area contributed by atoms with E-state index in [0.29, 0.717) is 10.6 Å². The Labute approximate surface area is 88.1 Å². The number of hydrogen-bond donors (Lipinski definition) is 0. The van der Waals surface area contributed by atoms with Gasteiger partial charge < -0.3 is 0 Å². The van der Waals surface area contributed by atoms with Crippen molar-refractivity contribution in [3.63, 3.8) is 0 Å². The molecule has 2 nitrogen and oxygen atoms in total. The molecule has 0 amide bonds. The SMILES string of the molecule is Cc1cc(C(=O)CCC#N)ccc1Cl. The van der Waals surface area contributed by atoms with Crippen LogP contribution in [0.3, 0.4) is 0 Å². The Kier molecular flexibility index (Phi) is 3.67. The number of Topliss-reactive ketones (excluding diaryl/α,β-unsaturated/α-hetero) is 1. The Bertz CT molecular complexity index is 393. The number of ketones is 1. The number of hydrogen-bond acceptors (Lipinski definition) is 2. The van der Waals surface area contributed by atoms with Crippen molar-refractivity contribution in [3.05, 3.63) is 34.3 Å². The molecule has 0 aliphatic heterocycles. The van der Waals surface area contributed by atoms with E-state index in [2.05, 4.69) is 0 Å². The first-order valence-electron chi connectivity index (χ1n) is 4.31. The van der Waals surface area contributed by atoms with Gasteiger partial charge in [0.05, 0.1) is 6.07 Å². The van der Waals surface area contributed by atoms with Crippen molar-refractivity contribution in [3.8, 4) is 6.07 Å². The number of nitrogens with zero attached hydrogens (tertiary/aromatic N) is 1. The molecular formula is C11H10ClNO. The van der Waals surface area contributed by atoms with Gasteiger partial charge in [-0.1, -0.05) is 11.6 Å². The summed E-state index contributed by atoms with van der Waals surface area (Å²) in [6.07, 6.45) is 0.540. The minimum atomic E-state index is -0.00804. The van der Waals surface area contributed by atoms with Crippen LogP contribution in [0.1, 0.15) is 28.8 Å². The standard InChI is InChI=1S/C11H10ClNO/c1-8-7-9(4-5-10(8)12)11(14)3-2-6-13/h4-5,7H,2-3H2,1H3. The number of aryl methyl sites for hydroxylation is 1. The van der Waals surface area contributed by atoms with Gasteiger partial charge in [0.2, 0.25) is 0 Å². The summed E-state index contributed by atoms with van der Waals surface area (Å²) in [6, 6.07) is 7.09. The first-order chi connectivity index (χ1) is 6.65. The fourth-order valence-corrected chi connectivity index (χ4v) is 1.25. The third-order valence-corrected chi connectivity index (χ3v) is 2.37. The topological polar surface area (TPSA) is 40.9 Å². The highest BCUT2D eigenvalue weighted by Gasteiger charge is 2.06. The van der Waals surface area contributed by atoms with Gasteiger partial charge in [-0.3, -0.25) is 4.79 Å². The Morgan fingerprint density at radius 1 is 1.57 bits per heavy atom. The van der Waals surface area contributed by atoms with Crippen LogP contribution < -0.4 is 0 Å². The van der Waals surface area contributed by atoms with Gasteiger partial charge in [0.15, 0.2) is 5.78 Å². The summed E-state index contributed by atoms with van der Waals surface area (Å²) in [5.41, 5.74) is 1.51. The van der Waals surface area contributed by atoms with Crippen molar-refractivity contribution >= 4 is 17.4 Å². The zero-order valence-electron chi connectivity index (χ0n) is 7.88. The van der Waals surface area contributed by atoms with E-state index in [0.717, 1.165) is 5.56 Å². The summed E-state index contributed by atoms with van der Waals surface area (Å²) in [5, 5.41) is 8.99. The number of carbonyl (C=O) groups excluding carboxylic acids is 1. The molecule has 72 valence electrons. The Morgan fingerprint density at radius 3 is 2.86 bits per heavy atom. The monoisotopic (exact) mass is 207 g/mol. The molecule has 0 saturated carbocycles. The minimum absolute atomic E-state index is 0.00804. The van der Waals surface area contributed by atoms with Crippen molar-refractivity contribution in [2.24, 2.45) is 0 Å². The summed E-state index contributed by atoms with van der Waals surface area (Å²) >= 11 is 5.83. The van der Waals surface area contributed by atoms with Crippen molar-refractivity contribution in [1.29, 1.82) is 5.26 Å². The maximum Gasteiger partial charge on any atom is 0.163 e. The molecule has 0 N–H and O–H groups in total. The molecule has 1 rings (SSSR count). The molecule has 3 heteroatoms. The molecule has 0 saturated heterocycles. The first-order valence-corrected chi connectivity index (χ1v) is 4.69. The van der Waals surface area contributed by atoms with E-state index in [-0.39, 0.29) is 18.6 Å². The van der Waals surface area contributed by atoms with Crippen LogP contribution in [-0.2, 0) is 0 Å². The fourth-order valence-electron chi connectivity index (χ4n) is 1.13. The number of rotatable bonds is 3. The van der Waals surface area contributed by atoms with Gasteiger partial charge in [-0.2, -0.15) is 5.26 Å². The zero-order valence-corrected chi connectivity index (χ0v) is 8.64. The highest BCUT2D eigenvalue weighted by molar-refractivity contribution is 6.31. The smallest absolute Gasteiger partial charge is 0.163 e. The van der Waals surface area contributed by atoms with Crippen molar-refractivity contribution < 1.29 is 4.79 Å². The predicted molar refractivity (Wildman–Crippen MR) is 55.4 cm³/mol. The van der Waals surface area contributed by atoms with Crippen LogP contribution in [0, 0.1) is 18.3 Å². The van der Waals surface area contributed by atoms with Crippen LogP contribution >= 0.6 is 11.6 Å². The molecule has 0 fully saturated rings. The van der Waals surface area contributed by atoms with Gasteiger partial charge in [-0.15, -0.1) is 0 Å². The maximum absolute atomic E-state index is 11.5. The molecular weight excluding hydrogens is 198 g/mol. The van der Waals surface area contributed by atoms with Crippen LogP contribution in [0.2, 0.25) is 5.02 Å². The number of nitriles is 1. The predicted octanol–water partition coefficient (Wildman–Crippen LogP) is 3.13. The van der Waals surface area contributed by atoms with Crippen LogP contribution in [-0.4, -0.2) is 5.78 Å². The van der Waals surface area contributed by atoms with Gasteiger partial charge >= 0.3 is 0 Å². The first kappa shape index (κ1) is 10.7. The van der Waals surface area contributed by atoms with Gasteiger partial charge in [-0.25, -0.2) is 0 Å². The molecule has 14 heavy (non-hydrogen) atoms. The van der Waals surface area contributed by atoms with E-state index in [9.17, 15) is 4.79 Å². The van der Waals surface area contributed by atoms with E-state index in [1.54, 1.807) is 18.2 Å². The highest BCUT2D eigenvalue weighted by Crippen LogP contribution is 2.17. The fraction of sp³-hybridized carbons (Fsp3) is 0.273. The second kappa shape index (κ2) is 4.78. The summed E-state index contributed by atoms with van der Waals surface area (Å²) in [5.74, 6) is -0.00804. The number of benzene rings is 1. The average Bonchev–Trinajstić information content (AvgIpc) is 2.18. The lowest BCUT2D eigenvalue weighted by molar-refractivity contribution is 0.0984. The van der Waals surface area contributed by atoms with Crippen molar-refractivity contribution in [1.82, 2.24) is 0 Å². The number of halogens is 1. The van der Waals surface area contributed by atoms with E-state index in [1.165, 1.54) is 0 Å². The molecule has 0 unspecified atom stereocenters.